The zero-order valence-electron chi connectivity index (χ0n) is 18.1. The molecule has 3 N–H and O–H groups in total. The Hall–Kier alpha value is -4.02. The number of carbonyl (C=O) groups excluding carboxylic acids is 2. The summed E-state index contributed by atoms with van der Waals surface area (Å²) in [7, 11) is 0. The van der Waals surface area contributed by atoms with E-state index in [1.807, 2.05) is 18.2 Å². The van der Waals surface area contributed by atoms with E-state index in [1.54, 1.807) is 24.3 Å². The SMILES string of the molecule is O=C(/C=C/c1cc(Cl)ccc1-n1cnnn1)NCc1nc(-c2ccc3c(c2)CCC(=O)N3)c(Cl)[nH]1. The average Bonchev–Trinajstić information content (AvgIpc) is 3.51. The summed E-state index contributed by atoms with van der Waals surface area (Å²) in [4.78, 5) is 31.5. The van der Waals surface area contributed by atoms with Gasteiger partial charge in [-0.15, -0.1) is 5.10 Å². The number of H-pyrrole nitrogens is 1. The lowest BCUT2D eigenvalue weighted by atomic mass is 9.99. The third kappa shape index (κ3) is 5.08. The number of fused-ring (bicyclic) bond motifs is 1. The predicted octanol–water partition coefficient (Wildman–Crippen LogP) is 3.57. The summed E-state index contributed by atoms with van der Waals surface area (Å²) in [5.41, 5.74) is 4.59. The van der Waals surface area contributed by atoms with Crippen LogP contribution in [-0.4, -0.2) is 42.0 Å². The lowest BCUT2D eigenvalue weighted by Gasteiger charge is -2.17. The van der Waals surface area contributed by atoms with Crippen molar-refractivity contribution in [3.05, 3.63) is 75.9 Å². The van der Waals surface area contributed by atoms with E-state index < -0.39 is 0 Å². The summed E-state index contributed by atoms with van der Waals surface area (Å²) < 4.78 is 1.48. The van der Waals surface area contributed by atoms with Gasteiger partial charge in [0.25, 0.3) is 0 Å². The van der Waals surface area contributed by atoms with E-state index in [0.717, 1.165) is 16.8 Å². The number of benzene rings is 2. The van der Waals surface area contributed by atoms with Gasteiger partial charge in [0, 0.05) is 34.3 Å². The Morgan fingerprint density at radius 1 is 1.17 bits per heavy atom. The van der Waals surface area contributed by atoms with Crippen LogP contribution in [0.4, 0.5) is 5.69 Å². The molecule has 4 aromatic rings. The highest BCUT2D eigenvalue weighted by Gasteiger charge is 2.17. The molecular formula is C23H18Cl2N8O2. The molecule has 1 aliphatic rings. The molecule has 1 aliphatic heterocycles. The van der Waals surface area contributed by atoms with Gasteiger partial charge < -0.3 is 15.6 Å². The van der Waals surface area contributed by atoms with E-state index in [-0.39, 0.29) is 18.4 Å². The second-order valence-electron chi connectivity index (χ2n) is 7.77. The second kappa shape index (κ2) is 9.69. The van der Waals surface area contributed by atoms with Gasteiger partial charge in [0.05, 0.1) is 12.2 Å². The van der Waals surface area contributed by atoms with Crippen LogP contribution in [-0.2, 0) is 22.6 Å². The summed E-state index contributed by atoms with van der Waals surface area (Å²) in [6, 6.07) is 10.9. The van der Waals surface area contributed by atoms with Gasteiger partial charge in [-0.2, -0.15) is 4.68 Å². The van der Waals surface area contributed by atoms with Gasteiger partial charge >= 0.3 is 0 Å². The van der Waals surface area contributed by atoms with Gasteiger partial charge in [0.1, 0.15) is 23.0 Å². The molecule has 35 heavy (non-hydrogen) atoms. The zero-order chi connectivity index (χ0) is 24.4. The van der Waals surface area contributed by atoms with Crippen LogP contribution in [0.5, 0.6) is 0 Å². The van der Waals surface area contributed by atoms with Gasteiger partial charge in [-0.05, 0) is 58.8 Å². The third-order valence-corrected chi connectivity index (χ3v) is 5.92. The topological polar surface area (TPSA) is 130 Å². The fraction of sp³-hybridized carbons (Fsp3) is 0.130. The molecule has 176 valence electrons. The summed E-state index contributed by atoms with van der Waals surface area (Å²) in [5, 5.41) is 17.7. The first-order chi connectivity index (χ1) is 17.0. The summed E-state index contributed by atoms with van der Waals surface area (Å²) in [6.45, 7) is 0.152. The molecule has 0 aliphatic carbocycles. The Morgan fingerprint density at radius 3 is 2.89 bits per heavy atom. The van der Waals surface area contributed by atoms with E-state index >= 15 is 0 Å². The Morgan fingerprint density at radius 2 is 2.06 bits per heavy atom. The van der Waals surface area contributed by atoms with Crippen molar-refractivity contribution in [1.29, 1.82) is 0 Å². The van der Waals surface area contributed by atoms with Crippen LogP contribution in [0.2, 0.25) is 10.2 Å². The zero-order valence-corrected chi connectivity index (χ0v) is 19.6. The third-order valence-electron chi connectivity index (χ3n) is 5.41. The van der Waals surface area contributed by atoms with E-state index in [9.17, 15) is 9.59 Å². The summed E-state index contributed by atoms with van der Waals surface area (Å²) >= 11 is 12.5. The Kier molecular flexibility index (Phi) is 6.30. The maximum Gasteiger partial charge on any atom is 0.244 e. The molecule has 0 fully saturated rings. The van der Waals surface area contributed by atoms with E-state index in [0.29, 0.717) is 45.8 Å². The Balaban J connectivity index is 1.26. The fourth-order valence-corrected chi connectivity index (χ4v) is 4.18. The molecule has 0 unspecified atom stereocenters. The van der Waals surface area contributed by atoms with E-state index in [1.165, 1.54) is 17.1 Å². The minimum Gasteiger partial charge on any atom is -0.345 e. The van der Waals surface area contributed by atoms with Crippen LogP contribution >= 0.6 is 23.2 Å². The largest absolute Gasteiger partial charge is 0.345 e. The first kappa shape index (κ1) is 22.8. The molecule has 0 spiro atoms. The molecule has 2 aromatic heterocycles. The number of aromatic amines is 1. The van der Waals surface area contributed by atoms with E-state index in [4.69, 9.17) is 23.2 Å². The number of imidazole rings is 1. The minimum atomic E-state index is -0.328. The number of nitrogens with zero attached hydrogens (tertiary/aromatic N) is 5. The number of halogens is 2. The number of anilines is 1. The molecule has 2 aromatic carbocycles. The highest BCUT2D eigenvalue weighted by molar-refractivity contribution is 6.32. The highest BCUT2D eigenvalue weighted by Crippen LogP contribution is 2.31. The lowest BCUT2D eigenvalue weighted by molar-refractivity contribution is -0.117. The van der Waals surface area contributed by atoms with Crippen molar-refractivity contribution in [2.75, 3.05) is 5.32 Å². The number of carbonyl (C=O) groups is 2. The summed E-state index contributed by atoms with van der Waals surface area (Å²) in [5.74, 6) is 0.193. The van der Waals surface area contributed by atoms with Crippen LogP contribution in [0.25, 0.3) is 23.0 Å². The van der Waals surface area contributed by atoms with Gasteiger partial charge in [-0.1, -0.05) is 29.3 Å². The quantitative estimate of drug-likeness (QED) is 0.341. The van der Waals surface area contributed by atoms with Crippen molar-refractivity contribution >= 4 is 46.8 Å². The van der Waals surface area contributed by atoms with Crippen molar-refractivity contribution < 1.29 is 9.59 Å². The van der Waals surface area contributed by atoms with Crippen molar-refractivity contribution in [3.8, 4) is 16.9 Å². The number of aryl methyl sites for hydroxylation is 1. The molecule has 3 heterocycles. The van der Waals surface area contributed by atoms with Crippen LogP contribution in [0.1, 0.15) is 23.4 Å². The molecule has 0 bridgehead atoms. The monoisotopic (exact) mass is 508 g/mol. The Labute approximate surface area is 209 Å². The molecule has 0 atom stereocenters. The second-order valence-corrected chi connectivity index (χ2v) is 8.59. The van der Waals surface area contributed by atoms with Gasteiger partial charge in [0.15, 0.2) is 0 Å². The molecule has 0 saturated carbocycles. The summed E-state index contributed by atoms with van der Waals surface area (Å²) in [6.07, 6.45) is 5.58. The van der Waals surface area contributed by atoms with Crippen LogP contribution in [0, 0.1) is 0 Å². The molecule has 10 nitrogen and oxygen atoms in total. The van der Waals surface area contributed by atoms with Crippen LogP contribution in [0.15, 0.2) is 48.8 Å². The van der Waals surface area contributed by atoms with Crippen molar-refractivity contribution in [2.24, 2.45) is 0 Å². The predicted molar refractivity (Wildman–Crippen MR) is 131 cm³/mol. The first-order valence-electron chi connectivity index (χ1n) is 10.6. The van der Waals surface area contributed by atoms with Crippen molar-refractivity contribution in [3.63, 3.8) is 0 Å². The number of hydrogen-bond acceptors (Lipinski definition) is 6. The normalized spacial score (nSPS) is 13.0. The van der Waals surface area contributed by atoms with Gasteiger partial charge in [0.2, 0.25) is 11.8 Å². The molecule has 12 heteroatoms. The maximum absolute atomic E-state index is 12.4. The maximum atomic E-state index is 12.4. The number of hydrogen-bond donors (Lipinski definition) is 3. The number of nitrogens with one attached hydrogen (secondary N) is 3. The smallest absolute Gasteiger partial charge is 0.244 e. The van der Waals surface area contributed by atoms with Crippen molar-refractivity contribution in [2.45, 2.75) is 19.4 Å². The number of tetrazole rings is 1. The van der Waals surface area contributed by atoms with Crippen LogP contribution < -0.4 is 10.6 Å². The van der Waals surface area contributed by atoms with Gasteiger partial charge in [-0.25, -0.2) is 4.98 Å². The molecular weight excluding hydrogens is 491 g/mol. The number of amides is 2. The molecule has 0 saturated heterocycles. The minimum absolute atomic E-state index is 0.0112. The average molecular weight is 509 g/mol. The molecule has 2 amide bonds. The molecule has 5 rings (SSSR count). The van der Waals surface area contributed by atoms with Crippen molar-refractivity contribution in [1.82, 2.24) is 35.5 Å². The lowest BCUT2D eigenvalue weighted by Crippen LogP contribution is -2.21. The molecule has 0 radical (unpaired) electrons. The van der Waals surface area contributed by atoms with Gasteiger partial charge in [-0.3, -0.25) is 9.59 Å². The van der Waals surface area contributed by atoms with E-state index in [2.05, 4.69) is 36.1 Å². The number of aromatic nitrogens is 6. The highest BCUT2D eigenvalue weighted by atomic mass is 35.5. The first-order valence-corrected chi connectivity index (χ1v) is 11.4. The Bertz CT molecular complexity index is 1450. The number of rotatable bonds is 6. The fourth-order valence-electron chi connectivity index (χ4n) is 3.74. The van der Waals surface area contributed by atoms with Crippen LogP contribution in [0.3, 0.4) is 0 Å². The standard InChI is InChI=1S/C23H18Cl2N8O2/c24-16-4-6-18(33-12-27-31-32-33)14(10-16)3-7-20(34)26-11-19-29-22(23(25)30-19)15-1-5-17-13(9-15)2-8-21(35)28-17/h1,3-7,9-10,12H,2,8,11H2,(H,26,34)(H,28,35)(H,29,30)/b7-3+.